The van der Waals surface area contributed by atoms with Gasteiger partial charge in [-0.2, -0.15) is 0 Å². The van der Waals surface area contributed by atoms with Crippen molar-refractivity contribution in [3.05, 3.63) is 35.9 Å². The highest BCUT2D eigenvalue weighted by Gasteiger charge is 2.43. The van der Waals surface area contributed by atoms with Crippen LogP contribution in [0.3, 0.4) is 0 Å². The van der Waals surface area contributed by atoms with E-state index in [1.165, 1.54) is 58.0 Å². The highest BCUT2D eigenvalue weighted by Crippen LogP contribution is 2.48. The molecule has 1 heterocycles. The molecule has 0 spiro atoms. The number of hydrogen-bond donors (Lipinski definition) is 1. The maximum absolute atomic E-state index is 3.69. The van der Waals surface area contributed by atoms with Crippen molar-refractivity contribution in [3.63, 3.8) is 0 Å². The second-order valence-corrected chi connectivity index (χ2v) is 6.98. The molecule has 2 aliphatic rings. The van der Waals surface area contributed by atoms with E-state index >= 15 is 0 Å². The quantitative estimate of drug-likeness (QED) is 0.854. The normalized spacial score (nSPS) is 31.6. The van der Waals surface area contributed by atoms with Gasteiger partial charge in [0, 0.05) is 0 Å². The Morgan fingerprint density at radius 1 is 1.15 bits per heavy atom. The first-order valence-electron chi connectivity index (χ1n) is 8.59. The monoisotopic (exact) mass is 271 g/mol. The van der Waals surface area contributed by atoms with E-state index in [4.69, 9.17) is 0 Å². The van der Waals surface area contributed by atoms with E-state index in [1.807, 2.05) is 0 Å². The minimum absolute atomic E-state index is 0.543. The van der Waals surface area contributed by atoms with Crippen molar-refractivity contribution < 1.29 is 0 Å². The number of piperidine rings is 1. The largest absolute Gasteiger partial charge is 0.316 e. The Morgan fingerprint density at radius 3 is 2.60 bits per heavy atom. The molecular formula is C19H29N. The number of hydrogen-bond acceptors (Lipinski definition) is 1. The molecule has 0 bridgehead atoms. The molecule has 0 radical (unpaired) electrons. The zero-order valence-corrected chi connectivity index (χ0v) is 12.9. The summed E-state index contributed by atoms with van der Waals surface area (Å²) in [6.07, 6.45) is 9.86. The third-order valence-electron chi connectivity index (χ3n) is 6.02. The predicted octanol–water partition coefficient (Wildman–Crippen LogP) is 4.43. The Hall–Kier alpha value is -0.820. The van der Waals surface area contributed by atoms with E-state index in [1.54, 1.807) is 5.56 Å². The van der Waals surface area contributed by atoms with Crippen LogP contribution >= 0.6 is 0 Å². The number of nitrogens with one attached hydrogen (secondary N) is 1. The third-order valence-corrected chi connectivity index (χ3v) is 6.02. The fraction of sp³-hybridized carbons (Fsp3) is 0.684. The van der Waals surface area contributed by atoms with Crippen LogP contribution in [0.2, 0.25) is 0 Å². The van der Waals surface area contributed by atoms with Gasteiger partial charge >= 0.3 is 0 Å². The van der Waals surface area contributed by atoms with E-state index in [-0.39, 0.29) is 0 Å². The lowest BCUT2D eigenvalue weighted by Crippen LogP contribution is -2.48. The molecule has 1 aliphatic carbocycles. The van der Waals surface area contributed by atoms with Crippen LogP contribution in [0.4, 0.5) is 0 Å². The summed E-state index contributed by atoms with van der Waals surface area (Å²) < 4.78 is 0. The first-order chi connectivity index (χ1) is 9.84. The second kappa shape index (κ2) is 6.30. The van der Waals surface area contributed by atoms with Crippen molar-refractivity contribution in [1.82, 2.24) is 5.32 Å². The predicted molar refractivity (Wildman–Crippen MR) is 85.8 cm³/mol. The van der Waals surface area contributed by atoms with E-state index in [9.17, 15) is 0 Å². The molecule has 0 aromatic heterocycles. The summed E-state index contributed by atoms with van der Waals surface area (Å²) in [7, 11) is 0. The van der Waals surface area contributed by atoms with Gasteiger partial charge in [0.15, 0.2) is 0 Å². The third kappa shape index (κ3) is 2.79. The summed E-state index contributed by atoms with van der Waals surface area (Å²) in [5.74, 6) is 1.87. The molecule has 110 valence electrons. The van der Waals surface area contributed by atoms with Gasteiger partial charge in [0.25, 0.3) is 0 Å². The van der Waals surface area contributed by atoms with Crippen LogP contribution in [-0.2, 0) is 6.42 Å². The zero-order chi connectivity index (χ0) is 13.8. The molecule has 1 saturated heterocycles. The number of rotatable bonds is 4. The van der Waals surface area contributed by atoms with Gasteiger partial charge in [0.2, 0.25) is 0 Å². The summed E-state index contributed by atoms with van der Waals surface area (Å²) >= 11 is 0. The Morgan fingerprint density at radius 2 is 1.90 bits per heavy atom. The maximum atomic E-state index is 3.69. The molecule has 2 atom stereocenters. The first-order valence-corrected chi connectivity index (χ1v) is 8.59. The highest BCUT2D eigenvalue weighted by molar-refractivity contribution is 5.17. The summed E-state index contributed by atoms with van der Waals surface area (Å²) in [5.41, 5.74) is 2.08. The lowest BCUT2D eigenvalue weighted by Gasteiger charge is -2.47. The van der Waals surface area contributed by atoms with Crippen LogP contribution in [0.15, 0.2) is 30.3 Å². The van der Waals surface area contributed by atoms with E-state index in [2.05, 4.69) is 42.6 Å². The van der Waals surface area contributed by atoms with E-state index in [0.29, 0.717) is 5.41 Å². The molecule has 3 rings (SSSR count). The van der Waals surface area contributed by atoms with Crippen molar-refractivity contribution in [3.8, 4) is 0 Å². The minimum atomic E-state index is 0.543. The molecular weight excluding hydrogens is 242 g/mol. The fourth-order valence-corrected chi connectivity index (χ4v) is 4.81. The lowest BCUT2D eigenvalue weighted by molar-refractivity contribution is 0.0556. The van der Waals surface area contributed by atoms with Crippen LogP contribution in [-0.4, -0.2) is 13.1 Å². The maximum Gasteiger partial charge on any atom is -0.00124 e. The van der Waals surface area contributed by atoms with Crippen molar-refractivity contribution in [2.75, 3.05) is 13.1 Å². The highest BCUT2D eigenvalue weighted by atomic mass is 14.9. The molecule has 2 unspecified atom stereocenters. The molecule has 1 aliphatic heterocycles. The van der Waals surface area contributed by atoms with E-state index < -0.39 is 0 Å². The second-order valence-electron chi connectivity index (χ2n) is 6.98. The molecule has 1 heteroatoms. The zero-order valence-electron chi connectivity index (χ0n) is 12.9. The molecule has 20 heavy (non-hydrogen) atoms. The van der Waals surface area contributed by atoms with Gasteiger partial charge in [0.1, 0.15) is 0 Å². The van der Waals surface area contributed by atoms with Gasteiger partial charge in [0.05, 0.1) is 0 Å². The van der Waals surface area contributed by atoms with E-state index in [0.717, 1.165) is 11.8 Å². The molecule has 1 nitrogen and oxygen atoms in total. The molecule has 1 aromatic rings. The summed E-state index contributed by atoms with van der Waals surface area (Å²) in [5, 5.41) is 3.69. The van der Waals surface area contributed by atoms with Crippen LogP contribution in [0, 0.1) is 17.3 Å². The summed E-state index contributed by atoms with van der Waals surface area (Å²) in [6.45, 7) is 4.89. The van der Waals surface area contributed by atoms with Gasteiger partial charge in [-0.3, -0.25) is 0 Å². The van der Waals surface area contributed by atoms with Crippen molar-refractivity contribution >= 4 is 0 Å². The van der Waals surface area contributed by atoms with Crippen molar-refractivity contribution in [2.24, 2.45) is 17.3 Å². The SMILES string of the molecule is CCC1(Cc2ccccc2)CCNCC1C1CCCC1. The Bertz CT molecular complexity index is 407. The van der Waals surface area contributed by atoms with Gasteiger partial charge in [-0.1, -0.05) is 62.9 Å². The van der Waals surface area contributed by atoms with Gasteiger partial charge < -0.3 is 5.32 Å². The Balaban J connectivity index is 1.82. The number of benzene rings is 1. The van der Waals surface area contributed by atoms with Crippen molar-refractivity contribution in [2.45, 2.75) is 51.9 Å². The Kier molecular flexibility index (Phi) is 4.45. The molecule has 1 saturated carbocycles. The van der Waals surface area contributed by atoms with Gasteiger partial charge in [-0.15, -0.1) is 0 Å². The van der Waals surface area contributed by atoms with Crippen LogP contribution < -0.4 is 5.32 Å². The summed E-state index contributed by atoms with van der Waals surface area (Å²) in [4.78, 5) is 0. The first kappa shape index (κ1) is 14.1. The molecule has 0 amide bonds. The lowest BCUT2D eigenvalue weighted by atomic mass is 9.61. The molecule has 1 N–H and O–H groups in total. The molecule has 1 aromatic carbocycles. The summed E-state index contributed by atoms with van der Waals surface area (Å²) in [6, 6.07) is 11.2. The standard InChI is InChI=1S/C19H29N/c1-2-19(14-16-8-4-3-5-9-16)12-13-20-15-18(19)17-10-6-7-11-17/h3-5,8-9,17-18,20H,2,6-7,10-15H2,1H3. The average molecular weight is 271 g/mol. The van der Waals surface area contributed by atoms with Crippen molar-refractivity contribution in [1.29, 1.82) is 0 Å². The molecule has 2 fully saturated rings. The van der Waals surface area contributed by atoms with Crippen LogP contribution in [0.25, 0.3) is 0 Å². The minimum Gasteiger partial charge on any atom is -0.316 e. The smallest absolute Gasteiger partial charge is 0.00124 e. The van der Waals surface area contributed by atoms with Crippen LogP contribution in [0.5, 0.6) is 0 Å². The average Bonchev–Trinajstić information content (AvgIpc) is 3.03. The van der Waals surface area contributed by atoms with Gasteiger partial charge in [-0.25, -0.2) is 0 Å². The van der Waals surface area contributed by atoms with Crippen LogP contribution in [0.1, 0.15) is 51.0 Å². The topological polar surface area (TPSA) is 12.0 Å². The Labute approximate surface area is 124 Å². The fourth-order valence-electron chi connectivity index (χ4n) is 4.81. The van der Waals surface area contributed by atoms with Gasteiger partial charge in [-0.05, 0) is 55.2 Å².